The number of nitrogens with zero attached hydrogens (tertiary/aromatic N) is 3. The maximum absolute atomic E-state index is 13.5. The number of benzene rings is 2. The molecule has 4 nitrogen and oxygen atoms in total. The fourth-order valence-electron chi connectivity index (χ4n) is 1.73. The number of tetrazole rings is 1. The molecule has 3 rings (SSSR count). The number of halogens is 1. The molecule has 0 aliphatic rings. The Kier molecular flexibility index (Phi) is 1.89. The van der Waals surface area contributed by atoms with Crippen molar-refractivity contribution in [3.63, 3.8) is 0 Å². The molecule has 0 fully saturated rings. The van der Waals surface area contributed by atoms with Crippen molar-refractivity contribution >= 4 is 10.8 Å². The smallest absolute Gasteiger partial charge is 0.205 e. The van der Waals surface area contributed by atoms with Gasteiger partial charge in [0.15, 0.2) is 0 Å². The highest BCUT2D eigenvalue weighted by Crippen LogP contribution is 2.27. The first-order valence-corrected chi connectivity index (χ1v) is 4.77. The van der Waals surface area contributed by atoms with E-state index < -0.39 is 0 Å². The number of nitrogens with one attached hydrogen (secondary N) is 1. The lowest BCUT2D eigenvalue weighted by atomic mass is 10.0. The number of aromatic amines is 1. The van der Waals surface area contributed by atoms with Gasteiger partial charge in [0.05, 0.1) is 0 Å². The monoisotopic (exact) mass is 214 g/mol. The van der Waals surface area contributed by atoms with Crippen molar-refractivity contribution in [1.29, 1.82) is 0 Å². The maximum Gasteiger partial charge on any atom is 0.205 e. The topological polar surface area (TPSA) is 54.5 Å². The SMILES string of the molecule is Fc1ccc(-c2nn[nH]n2)c2ccccc12. The van der Waals surface area contributed by atoms with Crippen LogP contribution in [0.5, 0.6) is 0 Å². The van der Waals surface area contributed by atoms with E-state index in [2.05, 4.69) is 20.6 Å². The van der Waals surface area contributed by atoms with E-state index in [1.54, 1.807) is 18.2 Å². The molecule has 3 aromatic rings. The van der Waals surface area contributed by atoms with Gasteiger partial charge in [-0.05, 0) is 22.7 Å². The van der Waals surface area contributed by atoms with Crippen LogP contribution in [0.2, 0.25) is 0 Å². The second-order valence-electron chi connectivity index (χ2n) is 3.38. The molecule has 0 aliphatic heterocycles. The van der Waals surface area contributed by atoms with Crippen LogP contribution in [-0.4, -0.2) is 20.6 Å². The molecule has 0 aliphatic carbocycles. The fraction of sp³-hybridized carbons (Fsp3) is 0. The van der Waals surface area contributed by atoms with Crippen molar-refractivity contribution in [3.05, 3.63) is 42.2 Å². The summed E-state index contributed by atoms with van der Waals surface area (Å²) in [6.07, 6.45) is 0. The van der Waals surface area contributed by atoms with Gasteiger partial charge in [-0.25, -0.2) is 4.39 Å². The Labute approximate surface area is 90.1 Å². The van der Waals surface area contributed by atoms with E-state index in [0.29, 0.717) is 11.2 Å². The summed E-state index contributed by atoms with van der Waals surface area (Å²) < 4.78 is 13.5. The molecule has 0 bridgehead atoms. The van der Waals surface area contributed by atoms with Crippen molar-refractivity contribution in [2.45, 2.75) is 0 Å². The van der Waals surface area contributed by atoms with Gasteiger partial charge in [-0.1, -0.05) is 24.3 Å². The molecule has 0 spiro atoms. The van der Waals surface area contributed by atoms with Gasteiger partial charge in [0.2, 0.25) is 5.82 Å². The lowest BCUT2D eigenvalue weighted by Crippen LogP contribution is -1.86. The van der Waals surface area contributed by atoms with Crippen molar-refractivity contribution in [1.82, 2.24) is 20.6 Å². The van der Waals surface area contributed by atoms with Crippen molar-refractivity contribution in [3.8, 4) is 11.4 Å². The second-order valence-corrected chi connectivity index (χ2v) is 3.38. The van der Waals surface area contributed by atoms with E-state index in [9.17, 15) is 4.39 Å². The molecule has 0 unspecified atom stereocenters. The van der Waals surface area contributed by atoms with E-state index >= 15 is 0 Å². The Balaban J connectivity index is 2.39. The zero-order valence-electron chi connectivity index (χ0n) is 8.18. The third-order valence-corrected chi connectivity index (χ3v) is 2.46. The van der Waals surface area contributed by atoms with E-state index in [1.165, 1.54) is 6.07 Å². The predicted molar refractivity (Wildman–Crippen MR) is 57.1 cm³/mol. The molecular weight excluding hydrogens is 207 g/mol. The summed E-state index contributed by atoms with van der Waals surface area (Å²) in [7, 11) is 0. The van der Waals surface area contributed by atoms with Gasteiger partial charge in [-0.3, -0.25) is 0 Å². The molecule has 0 saturated heterocycles. The van der Waals surface area contributed by atoms with Gasteiger partial charge >= 0.3 is 0 Å². The van der Waals surface area contributed by atoms with Crippen LogP contribution in [0.4, 0.5) is 4.39 Å². The summed E-state index contributed by atoms with van der Waals surface area (Å²) in [5.41, 5.74) is 0.769. The highest BCUT2D eigenvalue weighted by atomic mass is 19.1. The highest BCUT2D eigenvalue weighted by molar-refractivity contribution is 5.95. The van der Waals surface area contributed by atoms with Crippen LogP contribution >= 0.6 is 0 Å². The normalized spacial score (nSPS) is 10.8. The highest BCUT2D eigenvalue weighted by Gasteiger charge is 2.09. The molecule has 16 heavy (non-hydrogen) atoms. The predicted octanol–water partition coefficient (Wildman–Crippen LogP) is 2.16. The van der Waals surface area contributed by atoms with Gasteiger partial charge in [-0.15, -0.1) is 10.2 Å². The summed E-state index contributed by atoms with van der Waals surface area (Å²) in [6, 6.07) is 10.3. The minimum absolute atomic E-state index is 0.247. The van der Waals surface area contributed by atoms with Gasteiger partial charge < -0.3 is 0 Å². The summed E-state index contributed by atoms with van der Waals surface area (Å²) in [4.78, 5) is 0. The van der Waals surface area contributed by atoms with Crippen LogP contribution in [0.25, 0.3) is 22.2 Å². The first kappa shape index (κ1) is 8.96. The lowest BCUT2D eigenvalue weighted by molar-refractivity contribution is 0.640. The zero-order chi connectivity index (χ0) is 11.0. The number of hydrogen-bond acceptors (Lipinski definition) is 3. The van der Waals surface area contributed by atoms with Gasteiger partial charge in [0.25, 0.3) is 0 Å². The van der Waals surface area contributed by atoms with Crippen LogP contribution in [-0.2, 0) is 0 Å². The molecule has 2 aromatic carbocycles. The Morgan fingerprint density at radius 3 is 2.56 bits per heavy atom. The molecule has 0 saturated carbocycles. The third-order valence-electron chi connectivity index (χ3n) is 2.46. The van der Waals surface area contributed by atoms with E-state index in [-0.39, 0.29) is 5.82 Å². The molecule has 0 amide bonds. The Hall–Kier alpha value is -2.30. The molecule has 1 heterocycles. The van der Waals surface area contributed by atoms with Crippen LogP contribution in [0.15, 0.2) is 36.4 Å². The number of hydrogen-bond donors (Lipinski definition) is 1. The number of aromatic nitrogens is 4. The Morgan fingerprint density at radius 1 is 1.00 bits per heavy atom. The van der Waals surface area contributed by atoms with Crippen LogP contribution in [0.1, 0.15) is 0 Å². The largest absolute Gasteiger partial charge is 0.206 e. The summed E-state index contributed by atoms with van der Waals surface area (Å²) in [6.45, 7) is 0. The van der Waals surface area contributed by atoms with Crippen LogP contribution in [0, 0.1) is 5.82 Å². The Bertz CT molecular complexity index is 634. The average Bonchev–Trinajstić information content (AvgIpc) is 2.83. The first-order valence-electron chi connectivity index (χ1n) is 4.77. The number of H-pyrrole nitrogens is 1. The van der Waals surface area contributed by atoms with Gasteiger partial charge in [0.1, 0.15) is 5.82 Å². The lowest BCUT2D eigenvalue weighted by Gasteiger charge is -2.03. The van der Waals surface area contributed by atoms with Crippen LogP contribution in [0.3, 0.4) is 0 Å². The number of rotatable bonds is 1. The second kappa shape index (κ2) is 3.37. The standard InChI is InChI=1S/C11H7FN4/c12-10-6-5-9(11-13-15-16-14-11)7-3-1-2-4-8(7)10/h1-6H,(H,13,14,15,16). The molecule has 1 aromatic heterocycles. The van der Waals surface area contributed by atoms with E-state index in [0.717, 1.165) is 10.9 Å². The van der Waals surface area contributed by atoms with Gasteiger partial charge in [0, 0.05) is 10.9 Å². The molecule has 0 atom stereocenters. The van der Waals surface area contributed by atoms with Crippen molar-refractivity contribution in [2.24, 2.45) is 0 Å². The third kappa shape index (κ3) is 1.25. The van der Waals surface area contributed by atoms with E-state index in [1.807, 2.05) is 12.1 Å². The minimum atomic E-state index is -0.247. The maximum atomic E-state index is 13.5. The summed E-state index contributed by atoms with van der Waals surface area (Å²) >= 11 is 0. The zero-order valence-corrected chi connectivity index (χ0v) is 8.18. The average molecular weight is 214 g/mol. The van der Waals surface area contributed by atoms with Crippen molar-refractivity contribution < 1.29 is 4.39 Å². The van der Waals surface area contributed by atoms with Crippen molar-refractivity contribution in [2.75, 3.05) is 0 Å². The van der Waals surface area contributed by atoms with E-state index in [4.69, 9.17) is 0 Å². The molecule has 1 N–H and O–H groups in total. The quantitative estimate of drug-likeness (QED) is 0.675. The first-order chi connectivity index (χ1) is 7.86. The molecule has 5 heteroatoms. The van der Waals surface area contributed by atoms with Crippen LogP contribution < -0.4 is 0 Å². The summed E-state index contributed by atoms with van der Waals surface area (Å²) in [5, 5.41) is 15.0. The summed E-state index contributed by atoms with van der Waals surface area (Å²) in [5.74, 6) is 0.221. The molecular formula is C11H7FN4. The molecule has 0 radical (unpaired) electrons. The Morgan fingerprint density at radius 2 is 1.81 bits per heavy atom. The fourth-order valence-corrected chi connectivity index (χ4v) is 1.73. The molecule has 78 valence electrons. The van der Waals surface area contributed by atoms with Gasteiger partial charge in [-0.2, -0.15) is 5.21 Å². The number of fused-ring (bicyclic) bond motifs is 1. The minimum Gasteiger partial charge on any atom is -0.206 e.